The Morgan fingerprint density at radius 2 is 1.73 bits per heavy atom. The van der Waals surface area contributed by atoms with Gasteiger partial charge in [0.25, 0.3) is 0 Å². The molecule has 0 atom stereocenters. The number of carbonyl (C=O) groups excluding carboxylic acids is 3. The van der Waals surface area contributed by atoms with Crippen molar-refractivity contribution in [1.82, 2.24) is 14.8 Å². The molecule has 174 valence electrons. The number of nitrogens with one attached hydrogen (secondary N) is 1. The number of methoxy groups -OCH3 is 2. The summed E-state index contributed by atoms with van der Waals surface area (Å²) >= 11 is 2.92. The van der Waals surface area contributed by atoms with Crippen LogP contribution in [0.2, 0.25) is 0 Å². The van der Waals surface area contributed by atoms with Crippen molar-refractivity contribution < 1.29 is 23.9 Å². The average Bonchev–Trinajstić information content (AvgIpc) is 3.37. The van der Waals surface area contributed by atoms with Crippen molar-refractivity contribution in [2.45, 2.75) is 25.4 Å². The average molecular weight is 489 g/mol. The number of carbonyl (C=O) groups is 3. The third-order valence-corrected chi connectivity index (χ3v) is 6.90. The summed E-state index contributed by atoms with van der Waals surface area (Å²) in [5.74, 6) is -0.777. The Morgan fingerprint density at radius 3 is 2.30 bits per heavy atom. The molecule has 0 aliphatic carbocycles. The zero-order valence-electron chi connectivity index (χ0n) is 18.9. The molecule has 9 nitrogen and oxygen atoms in total. The van der Waals surface area contributed by atoms with Crippen LogP contribution in [0.1, 0.15) is 38.1 Å². The molecule has 2 heterocycles. The van der Waals surface area contributed by atoms with Gasteiger partial charge in [-0.1, -0.05) is 18.7 Å². The lowest BCUT2D eigenvalue weighted by atomic mass is 10.1. The summed E-state index contributed by atoms with van der Waals surface area (Å²) < 4.78 is 11.3. The lowest BCUT2D eigenvalue weighted by Gasteiger charge is -2.09. The van der Waals surface area contributed by atoms with Crippen molar-refractivity contribution in [1.29, 1.82) is 0 Å². The third kappa shape index (κ3) is 5.42. The minimum Gasteiger partial charge on any atom is -0.465 e. The van der Waals surface area contributed by atoms with Gasteiger partial charge in [0.2, 0.25) is 5.91 Å². The molecule has 3 rings (SSSR count). The van der Waals surface area contributed by atoms with E-state index in [0.717, 1.165) is 17.8 Å². The van der Waals surface area contributed by atoms with Crippen LogP contribution in [0, 0.1) is 6.92 Å². The molecule has 3 aromatic rings. The predicted octanol–water partition coefficient (Wildman–Crippen LogP) is 3.72. The lowest BCUT2D eigenvalue weighted by molar-refractivity contribution is -0.113. The predicted molar refractivity (Wildman–Crippen MR) is 127 cm³/mol. The number of nitrogens with zero attached hydrogens (tertiary/aromatic N) is 3. The topological polar surface area (TPSA) is 112 Å². The first-order valence-corrected chi connectivity index (χ1v) is 11.9. The van der Waals surface area contributed by atoms with Crippen LogP contribution in [0.5, 0.6) is 0 Å². The molecule has 2 aromatic heterocycles. The normalized spacial score (nSPS) is 10.7. The molecule has 0 bridgehead atoms. The number of esters is 2. The van der Waals surface area contributed by atoms with Gasteiger partial charge in [-0.15, -0.1) is 21.5 Å². The summed E-state index contributed by atoms with van der Waals surface area (Å²) in [5.41, 5.74) is 2.83. The SMILES string of the molecule is CCc1c(-c2nnc(SCC(=O)Nc3cc(C(=O)OC)cc(C(=O)OC)c3)n2C)csc1C. The Balaban J connectivity index is 1.73. The highest BCUT2D eigenvalue weighted by molar-refractivity contribution is 7.99. The Labute approximate surface area is 199 Å². The van der Waals surface area contributed by atoms with Gasteiger partial charge >= 0.3 is 11.9 Å². The maximum atomic E-state index is 12.6. The molecule has 1 N–H and O–H groups in total. The third-order valence-electron chi connectivity index (χ3n) is 4.92. The number of amides is 1. The number of aryl methyl sites for hydroxylation is 1. The van der Waals surface area contributed by atoms with Crippen molar-refractivity contribution in [3.05, 3.63) is 45.1 Å². The molecule has 1 aromatic carbocycles. The Hall–Kier alpha value is -3.18. The summed E-state index contributed by atoms with van der Waals surface area (Å²) in [6, 6.07) is 4.22. The zero-order valence-corrected chi connectivity index (χ0v) is 20.6. The standard InChI is InChI=1S/C22H24N4O5S2/c1-6-16-12(2)32-10-17(16)19-24-25-22(26(19)3)33-11-18(27)23-15-8-13(20(28)30-4)7-14(9-15)21(29)31-5/h7-10H,6,11H2,1-5H3,(H,23,27). The second-order valence-electron chi connectivity index (χ2n) is 7.02. The first-order valence-electron chi connectivity index (χ1n) is 10.00. The number of rotatable bonds is 8. The maximum Gasteiger partial charge on any atom is 0.337 e. The highest BCUT2D eigenvalue weighted by Crippen LogP contribution is 2.32. The Kier molecular flexibility index (Phi) is 7.88. The highest BCUT2D eigenvalue weighted by atomic mass is 32.2. The molecule has 0 spiro atoms. The summed E-state index contributed by atoms with van der Waals surface area (Å²) in [5, 5.41) is 13.9. The summed E-state index contributed by atoms with van der Waals surface area (Å²) in [6.07, 6.45) is 0.903. The van der Waals surface area contributed by atoms with Crippen molar-refractivity contribution in [2.24, 2.45) is 7.05 Å². The van der Waals surface area contributed by atoms with Gasteiger partial charge in [0.05, 0.1) is 31.1 Å². The van der Waals surface area contributed by atoms with E-state index in [1.807, 2.05) is 11.6 Å². The van der Waals surface area contributed by atoms with Gasteiger partial charge in [-0.05, 0) is 37.1 Å². The number of aromatic nitrogens is 3. The van der Waals surface area contributed by atoms with E-state index in [1.54, 1.807) is 11.3 Å². The van der Waals surface area contributed by atoms with E-state index in [4.69, 9.17) is 9.47 Å². The number of thioether (sulfide) groups is 1. The fourth-order valence-corrected chi connectivity index (χ4v) is 4.93. The van der Waals surface area contributed by atoms with E-state index in [2.05, 4.69) is 34.7 Å². The van der Waals surface area contributed by atoms with E-state index in [9.17, 15) is 14.4 Å². The van der Waals surface area contributed by atoms with Crippen LogP contribution >= 0.6 is 23.1 Å². The molecule has 1 amide bonds. The molecule has 0 aliphatic rings. The first kappa shape index (κ1) is 24.5. The monoisotopic (exact) mass is 488 g/mol. The van der Waals surface area contributed by atoms with Crippen LogP contribution in [0.4, 0.5) is 5.69 Å². The van der Waals surface area contributed by atoms with Crippen LogP contribution in [0.25, 0.3) is 11.4 Å². The van der Waals surface area contributed by atoms with Gasteiger partial charge < -0.3 is 19.4 Å². The second-order valence-corrected chi connectivity index (χ2v) is 9.05. The summed E-state index contributed by atoms with van der Waals surface area (Å²) in [6.45, 7) is 4.19. The summed E-state index contributed by atoms with van der Waals surface area (Å²) in [7, 11) is 4.33. The number of thiophene rings is 1. The smallest absolute Gasteiger partial charge is 0.337 e. The fourth-order valence-electron chi connectivity index (χ4n) is 3.28. The Morgan fingerprint density at radius 1 is 1.09 bits per heavy atom. The van der Waals surface area contributed by atoms with E-state index in [0.29, 0.717) is 5.16 Å². The van der Waals surface area contributed by atoms with E-state index >= 15 is 0 Å². The van der Waals surface area contributed by atoms with E-state index in [-0.39, 0.29) is 28.5 Å². The highest BCUT2D eigenvalue weighted by Gasteiger charge is 2.18. The number of benzene rings is 1. The number of hydrogen-bond acceptors (Lipinski definition) is 9. The lowest BCUT2D eigenvalue weighted by Crippen LogP contribution is -2.16. The van der Waals surface area contributed by atoms with Crippen LogP contribution in [0.3, 0.4) is 0 Å². The van der Waals surface area contributed by atoms with Crippen LogP contribution in [0.15, 0.2) is 28.7 Å². The van der Waals surface area contributed by atoms with Gasteiger partial charge in [0, 0.05) is 28.6 Å². The molecule has 0 unspecified atom stereocenters. The number of anilines is 1. The van der Waals surface area contributed by atoms with Crippen LogP contribution in [-0.2, 0) is 27.7 Å². The first-order chi connectivity index (χ1) is 15.8. The van der Waals surface area contributed by atoms with Crippen LogP contribution < -0.4 is 5.32 Å². The zero-order chi connectivity index (χ0) is 24.1. The van der Waals surface area contributed by atoms with Gasteiger partial charge in [0.15, 0.2) is 11.0 Å². The second kappa shape index (κ2) is 10.6. The van der Waals surface area contributed by atoms with Crippen molar-refractivity contribution in [3.63, 3.8) is 0 Å². The van der Waals surface area contributed by atoms with Gasteiger partial charge in [-0.25, -0.2) is 9.59 Å². The summed E-state index contributed by atoms with van der Waals surface area (Å²) in [4.78, 5) is 37.7. The molecule has 0 saturated carbocycles. The molecule has 0 aliphatic heterocycles. The molecule has 11 heteroatoms. The van der Waals surface area contributed by atoms with Gasteiger partial charge in [-0.3, -0.25) is 4.79 Å². The van der Waals surface area contributed by atoms with E-state index in [1.165, 1.54) is 54.6 Å². The van der Waals surface area contributed by atoms with Gasteiger partial charge in [0.1, 0.15) is 0 Å². The Bertz CT molecular complexity index is 1170. The molecule has 0 fully saturated rings. The molecule has 0 saturated heterocycles. The number of hydrogen-bond donors (Lipinski definition) is 1. The fraction of sp³-hybridized carbons (Fsp3) is 0.318. The molecule has 0 radical (unpaired) electrons. The van der Waals surface area contributed by atoms with Gasteiger partial charge in [-0.2, -0.15) is 0 Å². The van der Waals surface area contributed by atoms with Crippen molar-refractivity contribution >= 4 is 46.6 Å². The quantitative estimate of drug-likeness (QED) is 0.377. The van der Waals surface area contributed by atoms with E-state index < -0.39 is 11.9 Å². The van der Waals surface area contributed by atoms with Crippen molar-refractivity contribution in [2.75, 3.05) is 25.3 Å². The largest absolute Gasteiger partial charge is 0.465 e. The van der Waals surface area contributed by atoms with Crippen molar-refractivity contribution in [3.8, 4) is 11.4 Å². The maximum absolute atomic E-state index is 12.6. The molecule has 33 heavy (non-hydrogen) atoms. The minimum atomic E-state index is -0.632. The number of ether oxygens (including phenoxy) is 2. The molecular weight excluding hydrogens is 464 g/mol. The molecular formula is C22H24N4O5S2. The van der Waals surface area contributed by atoms with Crippen LogP contribution in [-0.4, -0.2) is 52.6 Å². The minimum absolute atomic E-state index is 0.0608.